The molecule has 0 radical (unpaired) electrons. The fourth-order valence-corrected chi connectivity index (χ4v) is 1.54. The average Bonchev–Trinajstić information content (AvgIpc) is 2.47. The highest BCUT2D eigenvalue weighted by atomic mass is 16.5. The Morgan fingerprint density at radius 1 is 1.16 bits per heavy atom. The van der Waals surface area contributed by atoms with E-state index in [1.807, 2.05) is 18.2 Å². The minimum absolute atomic E-state index is 0.160. The summed E-state index contributed by atoms with van der Waals surface area (Å²) in [6.45, 7) is 0.412. The van der Waals surface area contributed by atoms with Gasteiger partial charge in [-0.1, -0.05) is 11.8 Å². The molecule has 1 N–H and O–H groups in total. The molecule has 2 rings (SSSR count). The van der Waals surface area contributed by atoms with Crippen molar-refractivity contribution in [2.45, 2.75) is 6.42 Å². The zero-order valence-electron chi connectivity index (χ0n) is 10.4. The van der Waals surface area contributed by atoms with Crippen LogP contribution in [0.2, 0.25) is 0 Å². The van der Waals surface area contributed by atoms with Crippen LogP contribution in [0.5, 0.6) is 5.75 Å². The number of hydrogen-bond acceptors (Lipinski definition) is 4. The minimum Gasteiger partial charge on any atom is -0.492 e. The normalized spacial score (nSPS) is 9.53. The van der Waals surface area contributed by atoms with Gasteiger partial charge >= 0.3 is 0 Å². The third-order valence-electron chi connectivity index (χ3n) is 2.43. The Morgan fingerprint density at radius 2 is 2.00 bits per heavy atom. The molecule has 0 unspecified atom stereocenters. The van der Waals surface area contributed by atoms with Crippen LogP contribution in [0.15, 0.2) is 43.0 Å². The lowest BCUT2D eigenvalue weighted by molar-refractivity contribution is 0.320. The Bertz CT molecular complexity index is 573. The minimum atomic E-state index is -0.160. The average molecular weight is 254 g/mol. The zero-order valence-corrected chi connectivity index (χ0v) is 10.4. The molecule has 0 saturated heterocycles. The van der Waals surface area contributed by atoms with Crippen LogP contribution in [-0.2, 0) is 6.42 Å². The molecule has 0 amide bonds. The largest absolute Gasteiger partial charge is 0.492 e. The van der Waals surface area contributed by atoms with E-state index in [0.29, 0.717) is 12.4 Å². The van der Waals surface area contributed by atoms with Crippen molar-refractivity contribution in [3.63, 3.8) is 0 Å². The molecule has 2 aromatic rings. The summed E-state index contributed by atoms with van der Waals surface area (Å²) in [5, 5.41) is 8.63. The van der Waals surface area contributed by atoms with Crippen LogP contribution < -0.4 is 4.74 Å². The molecule has 0 fully saturated rings. The Labute approximate surface area is 112 Å². The van der Waals surface area contributed by atoms with Crippen molar-refractivity contribution in [2.75, 3.05) is 13.2 Å². The molecule has 0 aliphatic carbocycles. The molecule has 0 atom stereocenters. The molecular weight excluding hydrogens is 240 g/mol. The van der Waals surface area contributed by atoms with Crippen molar-refractivity contribution < 1.29 is 9.84 Å². The van der Waals surface area contributed by atoms with Gasteiger partial charge in [0.25, 0.3) is 0 Å². The van der Waals surface area contributed by atoms with E-state index in [1.54, 1.807) is 24.8 Å². The van der Waals surface area contributed by atoms with Crippen molar-refractivity contribution in [3.05, 3.63) is 54.1 Å². The molecule has 0 spiro atoms. The van der Waals surface area contributed by atoms with Crippen LogP contribution in [0.4, 0.5) is 0 Å². The van der Waals surface area contributed by atoms with Crippen LogP contribution in [0.1, 0.15) is 11.1 Å². The molecule has 96 valence electrons. The molecule has 0 aliphatic rings. The second kappa shape index (κ2) is 7.14. The van der Waals surface area contributed by atoms with Crippen molar-refractivity contribution in [1.29, 1.82) is 0 Å². The Kier molecular flexibility index (Phi) is 4.91. The number of pyridine rings is 2. The first-order chi connectivity index (χ1) is 9.38. The summed E-state index contributed by atoms with van der Waals surface area (Å²) < 4.78 is 5.62. The van der Waals surface area contributed by atoms with Gasteiger partial charge in [0.15, 0.2) is 0 Å². The van der Waals surface area contributed by atoms with Crippen LogP contribution in [0.3, 0.4) is 0 Å². The number of ether oxygens (including phenoxy) is 1. The summed E-state index contributed by atoms with van der Waals surface area (Å²) in [7, 11) is 0. The maximum atomic E-state index is 8.63. The highest BCUT2D eigenvalue weighted by molar-refractivity contribution is 5.36. The maximum Gasteiger partial charge on any atom is 0.138 e. The van der Waals surface area contributed by atoms with Crippen molar-refractivity contribution in [2.24, 2.45) is 0 Å². The summed E-state index contributed by atoms with van der Waals surface area (Å²) >= 11 is 0. The van der Waals surface area contributed by atoms with E-state index in [1.165, 1.54) is 5.56 Å². The molecule has 2 heterocycles. The third kappa shape index (κ3) is 4.41. The summed E-state index contributed by atoms with van der Waals surface area (Å²) in [5.74, 6) is 6.05. The van der Waals surface area contributed by atoms with Gasteiger partial charge in [0, 0.05) is 30.6 Å². The van der Waals surface area contributed by atoms with Crippen LogP contribution in [-0.4, -0.2) is 28.3 Å². The second-order valence-corrected chi connectivity index (χ2v) is 3.82. The van der Waals surface area contributed by atoms with Crippen LogP contribution in [0.25, 0.3) is 0 Å². The SMILES string of the molecule is OCC#Cc1cncc(OCCc2ccncc2)c1. The van der Waals surface area contributed by atoms with Crippen molar-refractivity contribution >= 4 is 0 Å². The number of aliphatic hydroxyl groups excluding tert-OH is 1. The number of rotatable bonds is 4. The van der Waals surface area contributed by atoms with E-state index in [2.05, 4.69) is 21.8 Å². The molecule has 4 nitrogen and oxygen atoms in total. The van der Waals surface area contributed by atoms with Gasteiger partial charge in [-0.3, -0.25) is 9.97 Å². The number of nitrogens with zero attached hydrogens (tertiary/aromatic N) is 2. The van der Waals surface area contributed by atoms with Gasteiger partial charge in [-0.05, 0) is 23.8 Å². The highest BCUT2D eigenvalue weighted by Gasteiger charge is 1.97. The maximum absolute atomic E-state index is 8.63. The number of aliphatic hydroxyl groups is 1. The third-order valence-corrected chi connectivity index (χ3v) is 2.43. The quantitative estimate of drug-likeness (QED) is 0.839. The fourth-order valence-electron chi connectivity index (χ4n) is 1.54. The van der Waals surface area contributed by atoms with Crippen LogP contribution in [0, 0.1) is 11.8 Å². The molecule has 0 aliphatic heterocycles. The van der Waals surface area contributed by atoms with Crippen molar-refractivity contribution in [3.8, 4) is 17.6 Å². The Morgan fingerprint density at radius 3 is 2.79 bits per heavy atom. The topological polar surface area (TPSA) is 55.2 Å². The van der Waals surface area contributed by atoms with Gasteiger partial charge in [0.05, 0.1) is 12.8 Å². The van der Waals surface area contributed by atoms with Gasteiger partial charge in [-0.25, -0.2) is 0 Å². The first-order valence-corrected chi connectivity index (χ1v) is 5.95. The molecule has 19 heavy (non-hydrogen) atoms. The lowest BCUT2D eigenvalue weighted by Gasteiger charge is -2.05. The number of hydrogen-bond donors (Lipinski definition) is 1. The predicted octanol–water partition coefficient (Wildman–Crippen LogP) is 1.44. The fraction of sp³-hybridized carbons (Fsp3) is 0.200. The zero-order chi connectivity index (χ0) is 13.3. The monoisotopic (exact) mass is 254 g/mol. The van der Waals surface area contributed by atoms with Crippen molar-refractivity contribution in [1.82, 2.24) is 9.97 Å². The Balaban J connectivity index is 1.89. The molecule has 2 aromatic heterocycles. The van der Waals surface area contributed by atoms with Crippen LogP contribution >= 0.6 is 0 Å². The summed E-state index contributed by atoms with van der Waals surface area (Å²) in [5.41, 5.74) is 1.91. The van der Waals surface area contributed by atoms with E-state index in [4.69, 9.17) is 9.84 Å². The molecule has 4 heteroatoms. The number of aromatic nitrogens is 2. The summed E-state index contributed by atoms with van der Waals surface area (Å²) in [4.78, 5) is 8.01. The summed E-state index contributed by atoms with van der Waals surface area (Å²) in [6.07, 6.45) is 7.63. The second-order valence-electron chi connectivity index (χ2n) is 3.82. The first kappa shape index (κ1) is 13.1. The van der Waals surface area contributed by atoms with Gasteiger partial charge in [0.2, 0.25) is 0 Å². The van der Waals surface area contributed by atoms with Gasteiger partial charge in [-0.15, -0.1) is 0 Å². The molecule has 0 saturated carbocycles. The lowest BCUT2D eigenvalue weighted by atomic mass is 10.2. The van der Waals surface area contributed by atoms with E-state index in [9.17, 15) is 0 Å². The van der Waals surface area contributed by atoms with E-state index >= 15 is 0 Å². The van der Waals surface area contributed by atoms with E-state index in [-0.39, 0.29) is 6.61 Å². The first-order valence-electron chi connectivity index (χ1n) is 5.95. The lowest BCUT2D eigenvalue weighted by Crippen LogP contribution is -2.01. The molecular formula is C15H14N2O2. The van der Waals surface area contributed by atoms with Gasteiger partial charge < -0.3 is 9.84 Å². The standard InChI is InChI=1S/C15H14N2O2/c18-8-1-2-14-10-15(12-17-11-14)19-9-5-13-3-6-16-7-4-13/h3-4,6-7,10-12,18H,5,8-9H2. The highest BCUT2D eigenvalue weighted by Crippen LogP contribution is 2.11. The molecule has 0 aromatic carbocycles. The Hall–Kier alpha value is -2.38. The van der Waals surface area contributed by atoms with Gasteiger partial charge in [0.1, 0.15) is 12.4 Å². The summed E-state index contributed by atoms with van der Waals surface area (Å²) in [6, 6.07) is 5.73. The predicted molar refractivity (Wildman–Crippen MR) is 71.6 cm³/mol. The smallest absolute Gasteiger partial charge is 0.138 e. The van der Waals surface area contributed by atoms with E-state index in [0.717, 1.165) is 12.0 Å². The molecule has 0 bridgehead atoms. The van der Waals surface area contributed by atoms with Gasteiger partial charge in [-0.2, -0.15) is 0 Å². The van der Waals surface area contributed by atoms with E-state index < -0.39 is 0 Å².